The highest BCUT2D eigenvalue weighted by atomic mass is 16.6. The van der Waals surface area contributed by atoms with Gasteiger partial charge in [0.05, 0.1) is 24.9 Å². The number of rotatable bonds is 10. The Morgan fingerprint density at radius 1 is 1.02 bits per heavy atom. The van der Waals surface area contributed by atoms with Crippen LogP contribution in [0.2, 0.25) is 0 Å². The monoisotopic (exact) mass is 547 g/mol. The Labute approximate surface area is 234 Å². The van der Waals surface area contributed by atoms with E-state index in [4.69, 9.17) is 18.9 Å². The van der Waals surface area contributed by atoms with Gasteiger partial charge in [0.15, 0.2) is 11.5 Å². The predicted octanol–water partition coefficient (Wildman–Crippen LogP) is 4.40. The Kier molecular flexibility index (Phi) is 9.01. The lowest BCUT2D eigenvalue weighted by atomic mass is 9.95. The molecule has 1 amide bonds. The first-order valence-corrected chi connectivity index (χ1v) is 14.1. The van der Waals surface area contributed by atoms with Crippen molar-refractivity contribution in [2.45, 2.75) is 39.0 Å². The minimum absolute atomic E-state index is 0.0108. The van der Waals surface area contributed by atoms with E-state index in [2.05, 4.69) is 27.3 Å². The number of hydrogen-bond acceptors (Lipinski definition) is 8. The molecule has 5 rings (SSSR count). The maximum Gasteiger partial charge on any atom is 0.306 e. The molecular weight excluding hydrogens is 510 g/mol. The number of hydrogen-bond donors (Lipinski definition) is 1. The number of aryl methyl sites for hydroxylation is 1. The molecule has 2 aromatic carbocycles. The molecule has 9 heteroatoms. The molecule has 0 spiro atoms. The average Bonchev–Trinajstić information content (AvgIpc) is 2.99. The Balaban J connectivity index is 1.18. The Hall–Kier alpha value is -3.85. The topological polar surface area (TPSA) is 99.2 Å². The van der Waals surface area contributed by atoms with E-state index in [1.54, 1.807) is 20.1 Å². The van der Waals surface area contributed by atoms with Crippen LogP contribution >= 0.6 is 0 Å². The molecule has 0 saturated carbocycles. The quantitative estimate of drug-likeness (QED) is 0.373. The predicted molar refractivity (Wildman–Crippen MR) is 152 cm³/mol. The first kappa shape index (κ1) is 27.7. The van der Waals surface area contributed by atoms with Crippen LogP contribution in [0.25, 0.3) is 10.9 Å². The Morgan fingerprint density at radius 2 is 1.82 bits per heavy atom. The number of amides is 1. The number of benzene rings is 2. The normalized spacial score (nSPS) is 15.6. The van der Waals surface area contributed by atoms with Crippen molar-refractivity contribution in [3.63, 3.8) is 0 Å². The van der Waals surface area contributed by atoms with Gasteiger partial charge in [-0.25, -0.2) is 4.98 Å². The van der Waals surface area contributed by atoms with Gasteiger partial charge in [-0.15, -0.1) is 0 Å². The number of nitrogens with one attached hydrogen (secondary N) is 1. The molecule has 0 unspecified atom stereocenters. The van der Waals surface area contributed by atoms with E-state index < -0.39 is 0 Å². The second kappa shape index (κ2) is 13.0. The number of methoxy groups -OCH3 is 1. The fraction of sp³-hybridized carbons (Fsp3) is 0.452. The second-order valence-electron chi connectivity index (χ2n) is 10.2. The van der Waals surface area contributed by atoms with Crippen LogP contribution in [0, 0.1) is 5.92 Å². The average molecular weight is 548 g/mol. The number of esters is 1. The third-order valence-corrected chi connectivity index (χ3v) is 7.57. The third-order valence-electron chi connectivity index (χ3n) is 7.57. The summed E-state index contributed by atoms with van der Waals surface area (Å²) in [5.41, 5.74) is 3.51. The lowest BCUT2D eigenvalue weighted by Gasteiger charge is -2.31. The minimum Gasteiger partial charge on any atom is -0.486 e. The van der Waals surface area contributed by atoms with Crippen molar-refractivity contribution in [2.75, 3.05) is 51.9 Å². The molecule has 2 aliphatic heterocycles. The molecular formula is C31H37N3O6. The highest BCUT2D eigenvalue weighted by Crippen LogP contribution is 2.32. The number of ether oxygens (including phenoxy) is 4. The van der Waals surface area contributed by atoms with Crippen molar-refractivity contribution in [1.82, 2.24) is 9.88 Å². The van der Waals surface area contributed by atoms with Crippen LogP contribution in [-0.2, 0) is 27.2 Å². The van der Waals surface area contributed by atoms with Gasteiger partial charge in [0.25, 0.3) is 0 Å². The molecule has 1 fully saturated rings. The SMILES string of the molecule is CCOC(=O)CCc1ccc(NC(=O)C2CCN(CCc3ccc4c(c3)OCCO4)CC2)c2nc(OC)ccc12. The van der Waals surface area contributed by atoms with E-state index in [9.17, 15) is 9.59 Å². The largest absolute Gasteiger partial charge is 0.486 e. The molecule has 0 radical (unpaired) electrons. The van der Waals surface area contributed by atoms with Crippen LogP contribution in [-0.4, -0.2) is 68.3 Å². The van der Waals surface area contributed by atoms with Gasteiger partial charge in [0, 0.05) is 30.3 Å². The number of carbonyl (C=O) groups is 2. The molecule has 0 bridgehead atoms. The molecule has 0 atom stereocenters. The van der Waals surface area contributed by atoms with Crippen molar-refractivity contribution in [3.8, 4) is 17.4 Å². The molecule has 9 nitrogen and oxygen atoms in total. The number of pyridine rings is 1. The van der Waals surface area contributed by atoms with Gasteiger partial charge in [0.1, 0.15) is 13.2 Å². The first-order valence-electron chi connectivity index (χ1n) is 14.1. The summed E-state index contributed by atoms with van der Waals surface area (Å²) in [4.78, 5) is 32.2. The number of carbonyl (C=O) groups excluding carboxylic acids is 2. The van der Waals surface area contributed by atoms with Crippen LogP contribution in [0.3, 0.4) is 0 Å². The van der Waals surface area contributed by atoms with Gasteiger partial charge in [0.2, 0.25) is 11.8 Å². The van der Waals surface area contributed by atoms with Crippen LogP contribution in [0.15, 0.2) is 42.5 Å². The lowest BCUT2D eigenvalue weighted by Crippen LogP contribution is -2.39. The number of fused-ring (bicyclic) bond motifs is 2. The van der Waals surface area contributed by atoms with Crippen LogP contribution in [0.5, 0.6) is 17.4 Å². The zero-order valence-corrected chi connectivity index (χ0v) is 23.2. The summed E-state index contributed by atoms with van der Waals surface area (Å²) in [5.74, 6) is 1.83. The van der Waals surface area contributed by atoms with E-state index >= 15 is 0 Å². The summed E-state index contributed by atoms with van der Waals surface area (Å²) in [5, 5.41) is 4.01. The second-order valence-corrected chi connectivity index (χ2v) is 10.2. The van der Waals surface area contributed by atoms with Gasteiger partial charge in [-0.1, -0.05) is 12.1 Å². The van der Waals surface area contributed by atoms with E-state index in [0.717, 1.165) is 61.3 Å². The minimum atomic E-state index is -0.229. The van der Waals surface area contributed by atoms with Crippen molar-refractivity contribution < 1.29 is 28.5 Å². The number of anilines is 1. The summed E-state index contributed by atoms with van der Waals surface area (Å²) < 4.78 is 21.7. The molecule has 40 heavy (non-hydrogen) atoms. The number of aromatic nitrogens is 1. The smallest absolute Gasteiger partial charge is 0.306 e. The molecule has 3 heterocycles. The summed E-state index contributed by atoms with van der Waals surface area (Å²) in [6.45, 7) is 6.04. The van der Waals surface area contributed by atoms with Gasteiger partial charge in [-0.05, 0) is 81.1 Å². The van der Waals surface area contributed by atoms with Crippen molar-refractivity contribution in [2.24, 2.45) is 5.92 Å². The molecule has 3 aromatic rings. The van der Waals surface area contributed by atoms with E-state index in [1.807, 2.05) is 24.3 Å². The molecule has 0 aliphatic carbocycles. The number of piperidine rings is 1. The van der Waals surface area contributed by atoms with Gasteiger partial charge in [-0.3, -0.25) is 9.59 Å². The third kappa shape index (κ3) is 6.65. The number of likely N-dealkylation sites (tertiary alicyclic amines) is 1. The van der Waals surface area contributed by atoms with E-state index in [1.165, 1.54) is 5.56 Å². The Morgan fingerprint density at radius 3 is 2.60 bits per heavy atom. The highest BCUT2D eigenvalue weighted by Gasteiger charge is 2.26. The fourth-order valence-electron chi connectivity index (χ4n) is 5.34. The van der Waals surface area contributed by atoms with Crippen LogP contribution < -0.4 is 19.5 Å². The van der Waals surface area contributed by atoms with Crippen LogP contribution in [0.1, 0.15) is 37.3 Å². The summed E-state index contributed by atoms with van der Waals surface area (Å²) in [6.07, 6.45) is 3.35. The number of nitrogens with zero attached hydrogens (tertiary/aromatic N) is 2. The fourth-order valence-corrected chi connectivity index (χ4v) is 5.34. The maximum atomic E-state index is 13.3. The zero-order chi connectivity index (χ0) is 27.9. The van der Waals surface area contributed by atoms with Gasteiger partial charge < -0.3 is 29.2 Å². The first-order chi connectivity index (χ1) is 19.5. The molecule has 212 valence electrons. The Bertz CT molecular complexity index is 1350. The van der Waals surface area contributed by atoms with Gasteiger partial charge >= 0.3 is 5.97 Å². The molecule has 1 saturated heterocycles. The molecule has 1 N–H and O–H groups in total. The van der Waals surface area contributed by atoms with Crippen molar-refractivity contribution in [1.29, 1.82) is 0 Å². The van der Waals surface area contributed by atoms with E-state index in [-0.39, 0.29) is 24.2 Å². The van der Waals surface area contributed by atoms with Crippen LogP contribution in [0.4, 0.5) is 5.69 Å². The van der Waals surface area contributed by atoms with Crippen molar-refractivity contribution in [3.05, 3.63) is 53.6 Å². The maximum absolute atomic E-state index is 13.3. The summed E-state index contributed by atoms with van der Waals surface area (Å²) >= 11 is 0. The summed E-state index contributed by atoms with van der Waals surface area (Å²) in [6, 6.07) is 13.7. The van der Waals surface area contributed by atoms with E-state index in [0.29, 0.717) is 43.3 Å². The zero-order valence-electron chi connectivity index (χ0n) is 23.2. The van der Waals surface area contributed by atoms with Crippen molar-refractivity contribution >= 4 is 28.5 Å². The highest BCUT2D eigenvalue weighted by molar-refractivity contribution is 6.02. The summed E-state index contributed by atoms with van der Waals surface area (Å²) in [7, 11) is 1.57. The van der Waals surface area contributed by atoms with Gasteiger partial charge in [-0.2, -0.15) is 0 Å². The lowest BCUT2D eigenvalue weighted by molar-refractivity contribution is -0.143. The molecule has 1 aromatic heterocycles. The standard InChI is InChI=1S/C31H37N3O6/c1-3-38-29(35)11-6-22-5-8-25(30-24(22)7-10-28(33-30)37-2)32-31(36)23-13-16-34(17-14-23)15-12-21-4-9-26-27(20-21)40-19-18-39-26/h4-5,7-10,20,23H,3,6,11-19H2,1-2H3,(H,32,36). The molecule has 2 aliphatic rings.